The molecule has 0 aromatic carbocycles. The molecule has 92 valence electrons. The van der Waals surface area contributed by atoms with Crippen LogP contribution in [0.4, 0.5) is 0 Å². The third kappa shape index (κ3) is 4.51. The lowest BCUT2D eigenvalue weighted by atomic mass is 10.2. The highest BCUT2D eigenvalue weighted by Gasteiger charge is 2.17. The van der Waals surface area contributed by atoms with E-state index in [0.29, 0.717) is 24.5 Å². The summed E-state index contributed by atoms with van der Waals surface area (Å²) in [5, 5.41) is 13.4. The largest absolute Gasteiger partial charge is 0.383 e. The van der Waals surface area contributed by atoms with Gasteiger partial charge in [0.1, 0.15) is 6.10 Å². The molecule has 1 aromatic rings. The molecular formula is C10H19N3O2S. The van der Waals surface area contributed by atoms with E-state index >= 15 is 0 Å². The Bertz CT molecular complexity index is 322. The fourth-order valence-electron chi connectivity index (χ4n) is 1.02. The van der Waals surface area contributed by atoms with Crippen molar-refractivity contribution in [3.8, 4) is 0 Å². The molecule has 0 amide bonds. The van der Waals surface area contributed by atoms with E-state index in [4.69, 9.17) is 10.3 Å². The average Bonchev–Trinajstić information content (AvgIpc) is 2.62. The maximum Gasteiger partial charge on any atom is 0.255 e. The first kappa shape index (κ1) is 13.5. The summed E-state index contributed by atoms with van der Waals surface area (Å²) in [7, 11) is 0. The van der Waals surface area contributed by atoms with Crippen molar-refractivity contribution in [3.63, 3.8) is 0 Å². The van der Waals surface area contributed by atoms with Crippen molar-refractivity contribution in [2.75, 3.05) is 6.54 Å². The Hall–Kier alpha value is -0.590. The number of hydrogen-bond donors (Lipinski definition) is 2. The van der Waals surface area contributed by atoms with E-state index in [0.717, 1.165) is 0 Å². The van der Waals surface area contributed by atoms with Crippen LogP contribution in [-0.4, -0.2) is 26.5 Å². The molecule has 0 fully saturated rings. The highest BCUT2D eigenvalue weighted by atomic mass is 32.2. The predicted octanol–water partition coefficient (Wildman–Crippen LogP) is 1.48. The van der Waals surface area contributed by atoms with E-state index in [-0.39, 0.29) is 10.6 Å². The third-order valence-electron chi connectivity index (χ3n) is 1.84. The molecule has 0 aliphatic carbocycles. The van der Waals surface area contributed by atoms with E-state index in [1.54, 1.807) is 11.8 Å². The van der Waals surface area contributed by atoms with E-state index in [9.17, 15) is 5.11 Å². The molecule has 0 spiro atoms. The van der Waals surface area contributed by atoms with Crippen LogP contribution >= 0.6 is 11.8 Å². The van der Waals surface area contributed by atoms with Crippen molar-refractivity contribution in [2.24, 2.45) is 5.73 Å². The lowest BCUT2D eigenvalue weighted by molar-refractivity contribution is 0.127. The van der Waals surface area contributed by atoms with Gasteiger partial charge in [-0.25, -0.2) is 0 Å². The maximum atomic E-state index is 9.58. The van der Waals surface area contributed by atoms with Crippen molar-refractivity contribution >= 4 is 11.8 Å². The normalized spacial score (nSPS) is 14.1. The van der Waals surface area contributed by atoms with E-state index in [2.05, 4.69) is 30.9 Å². The molecule has 0 saturated carbocycles. The van der Waals surface area contributed by atoms with Gasteiger partial charge < -0.3 is 15.4 Å². The van der Waals surface area contributed by atoms with Crippen LogP contribution in [0.5, 0.6) is 0 Å². The molecule has 16 heavy (non-hydrogen) atoms. The Morgan fingerprint density at radius 3 is 2.75 bits per heavy atom. The van der Waals surface area contributed by atoms with Gasteiger partial charge in [0.15, 0.2) is 5.82 Å². The SMILES string of the molecule is CC(C)(C)SCc1noc(C(O)CCN)n1. The average molecular weight is 245 g/mol. The van der Waals surface area contributed by atoms with Gasteiger partial charge in [-0.05, 0) is 13.0 Å². The second-order valence-electron chi connectivity index (χ2n) is 4.54. The van der Waals surface area contributed by atoms with Gasteiger partial charge >= 0.3 is 0 Å². The van der Waals surface area contributed by atoms with Crippen molar-refractivity contribution in [3.05, 3.63) is 11.7 Å². The molecule has 1 heterocycles. The van der Waals surface area contributed by atoms with Gasteiger partial charge in [-0.3, -0.25) is 0 Å². The number of nitrogens with two attached hydrogens (primary N) is 1. The highest BCUT2D eigenvalue weighted by Crippen LogP contribution is 2.26. The van der Waals surface area contributed by atoms with Gasteiger partial charge in [-0.15, -0.1) is 11.8 Å². The molecule has 3 N–H and O–H groups in total. The molecule has 6 heteroatoms. The smallest absolute Gasteiger partial charge is 0.255 e. The van der Waals surface area contributed by atoms with Gasteiger partial charge in [0.05, 0.1) is 5.75 Å². The van der Waals surface area contributed by atoms with Crippen LogP contribution in [0.3, 0.4) is 0 Å². The number of aromatic nitrogens is 2. The number of rotatable bonds is 5. The van der Waals surface area contributed by atoms with Crippen molar-refractivity contribution in [1.29, 1.82) is 0 Å². The lowest BCUT2D eigenvalue weighted by Crippen LogP contribution is -2.08. The molecule has 0 aliphatic heterocycles. The molecule has 0 bridgehead atoms. The second-order valence-corrected chi connectivity index (χ2v) is 6.35. The molecule has 1 unspecified atom stereocenters. The zero-order chi connectivity index (χ0) is 12.2. The van der Waals surface area contributed by atoms with Crippen LogP contribution in [0.15, 0.2) is 4.52 Å². The van der Waals surface area contributed by atoms with Gasteiger partial charge in [0.25, 0.3) is 5.89 Å². The summed E-state index contributed by atoms with van der Waals surface area (Å²) in [6.45, 7) is 6.78. The first-order chi connectivity index (χ1) is 7.42. The standard InChI is InChI=1S/C10H19N3O2S/c1-10(2,3)16-6-8-12-9(15-13-8)7(14)4-5-11/h7,14H,4-6,11H2,1-3H3. The summed E-state index contributed by atoms with van der Waals surface area (Å²) >= 11 is 1.73. The molecule has 0 aliphatic rings. The van der Waals surface area contributed by atoms with Gasteiger partial charge in [-0.2, -0.15) is 4.98 Å². The van der Waals surface area contributed by atoms with Gasteiger partial charge in [0.2, 0.25) is 0 Å². The summed E-state index contributed by atoms with van der Waals surface area (Å²) in [6, 6.07) is 0. The number of thioether (sulfide) groups is 1. The quantitative estimate of drug-likeness (QED) is 0.817. The summed E-state index contributed by atoms with van der Waals surface area (Å²) in [4.78, 5) is 4.13. The fourth-order valence-corrected chi connectivity index (χ4v) is 1.70. The first-order valence-electron chi connectivity index (χ1n) is 5.27. The number of aliphatic hydroxyl groups excluding tert-OH is 1. The first-order valence-corrected chi connectivity index (χ1v) is 6.25. The fraction of sp³-hybridized carbons (Fsp3) is 0.800. The van der Waals surface area contributed by atoms with E-state index in [1.807, 2.05) is 0 Å². The third-order valence-corrected chi connectivity index (χ3v) is 3.11. The Kier molecular flexibility index (Phi) is 4.76. The Morgan fingerprint density at radius 2 is 2.19 bits per heavy atom. The zero-order valence-electron chi connectivity index (χ0n) is 9.93. The van der Waals surface area contributed by atoms with Crippen LogP contribution in [-0.2, 0) is 5.75 Å². The Morgan fingerprint density at radius 1 is 1.50 bits per heavy atom. The topological polar surface area (TPSA) is 85.2 Å². The molecule has 1 atom stereocenters. The minimum absolute atomic E-state index is 0.163. The summed E-state index contributed by atoms with van der Waals surface area (Å²) in [6.07, 6.45) is -0.306. The van der Waals surface area contributed by atoms with Crippen molar-refractivity contribution in [1.82, 2.24) is 10.1 Å². The number of aliphatic hydroxyl groups is 1. The summed E-state index contributed by atoms with van der Waals surface area (Å²) in [5.74, 6) is 1.56. The predicted molar refractivity (Wildman–Crippen MR) is 64.0 cm³/mol. The summed E-state index contributed by atoms with van der Waals surface area (Å²) < 4.78 is 5.13. The molecular weight excluding hydrogens is 226 g/mol. The number of nitrogens with zero attached hydrogens (tertiary/aromatic N) is 2. The Balaban J connectivity index is 2.51. The molecule has 1 rings (SSSR count). The van der Waals surface area contributed by atoms with Crippen LogP contribution in [0.25, 0.3) is 0 Å². The highest BCUT2D eigenvalue weighted by molar-refractivity contribution is 7.99. The Labute approximate surface area is 99.8 Å². The zero-order valence-corrected chi connectivity index (χ0v) is 10.8. The molecule has 0 radical (unpaired) electrons. The van der Waals surface area contributed by atoms with E-state index in [1.165, 1.54) is 0 Å². The molecule has 1 aromatic heterocycles. The van der Waals surface area contributed by atoms with Gasteiger partial charge in [0, 0.05) is 4.75 Å². The number of hydrogen-bond acceptors (Lipinski definition) is 6. The van der Waals surface area contributed by atoms with Gasteiger partial charge in [-0.1, -0.05) is 25.9 Å². The minimum Gasteiger partial charge on any atom is -0.383 e. The van der Waals surface area contributed by atoms with Crippen molar-refractivity contribution in [2.45, 2.75) is 43.8 Å². The monoisotopic (exact) mass is 245 g/mol. The minimum atomic E-state index is -0.745. The van der Waals surface area contributed by atoms with Crippen LogP contribution < -0.4 is 5.73 Å². The lowest BCUT2D eigenvalue weighted by Gasteiger charge is -2.15. The molecule has 5 nitrogen and oxygen atoms in total. The summed E-state index contributed by atoms with van der Waals surface area (Å²) in [5.41, 5.74) is 5.34. The van der Waals surface area contributed by atoms with E-state index < -0.39 is 6.10 Å². The van der Waals surface area contributed by atoms with Crippen LogP contribution in [0.2, 0.25) is 0 Å². The second kappa shape index (κ2) is 5.65. The van der Waals surface area contributed by atoms with Crippen molar-refractivity contribution < 1.29 is 9.63 Å². The van der Waals surface area contributed by atoms with Crippen LogP contribution in [0, 0.1) is 0 Å². The maximum absolute atomic E-state index is 9.58. The van der Waals surface area contributed by atoms with Crippen LogP contribution in [0.1, 0.15) is 45.0 Å². The molecule has 0 saturated heterocycles.